The van der Waals surface area contributed by atoms with Crippen molar-refractivity contribution in [1.29, 1.82) is 0 Å². The molecule has 4 nitrogen and oxygen atoms in total. The van der Waals surface area contributed by atoms with Crippen molar-refractivity contribution in [2.24, 2.45) is 4.99 Å². The van der Waals surface area contributed by atoms with Gasteiger partial charge in [-0.2, -0.15) is 0 Å². The maximum absolute atomic E-state index is 12.0. The summed E-state index contributed by atoms with van der Waals surface area (Å²) in [5.41, 5.74) is 2.51. The van der Waals surface area contributed by atoms with Crippen molar-refractivity contribution in [3.05, 3.63) is 35.4 Å². The molecule has 0 bridgehead atoms. The maximum atomic E-state index is 12.0. The number of aliphatic imine (C=N–C) groups is 1. The van der Waals surface area contributed by atoms with Crippen LogP contribution in [0.2, 0.25) is 0 Å². The topological polar surface area (TPSA) is 53.5 Å². The molecule has 0 spiro atoms. The molecule has 1 aromatic rings. The molecule has 1 saturated carbocycles. The Morgan fingerprint density at radius 3 is 2.62 bits per heavy atom. The van der Waals surface area contributed by atoms with Gasteiger partial charge in [0, 0.05) is 41.4 Å². The van der Waals surface area contributed by atoms with E-state index in [0.29, 0.717) is 11.3 Å². The Morgan fingerprint density at radius 1 is 1.29 bits per heavy atom. The van der Waals surface area contributed by atoms with E-state index in [4.69, 9.17) is 0 Å². The number of guanidine groups is 1. The van der Waals surface area contributed by atoms with Gasteiger partial charge < -0.3 is 10.6 Å². The van der Waals surface area contributed by atoms with Crippen molar-refractivity contribution in [2.75, 3.05) is 12.8 Å². The van der Waals surface area contributed by atoms with Crippen molar-refractivity contribution in [3.63, 3.8) is 0 Å². The molecular weight excluding hydrogens is 433 g/mol. The zero-order chi connectivity index (χ0) is 16.7. The van der Waals surface area contributed by atoms with Crippen LogP contribution in [0, 0.1) is 6.92 Å². The zero-order valence-electron chi connectivity index (χ0n) is 14.9. The molecule has 0 amide bonds. The second-order valence-corrected chi connectivity index (χ2v) is 8.22. The smallest absolute Gasteiger partial charge is 0.191 e. The molecule has 2 rings (SSSR count). The van der Waals surface area contributed by atoms with E-state index in [-0.39, 0.29) is 24.0 Å². The normalized spacial score (nSPS) is 22.4. The van der Waals surface area contributed by atoms with Gasteiger partial charge in [-0.05, 0) is 31.7 Å². The molecule has 1 aliphatic carbocycles. The van der Waals surface area contributed by atoms with E-state index in [0.717, 1.165) is 43.9 Å². The summed E-state index contributed by atoms with van der Waals surface area (Å²) in [4.78, 5) is 4.32. The van der Waals surface area contributed by atoms with Gasteiger partial charge in [-0.25, -0.2) is 0 Å². The minimum Gasteiger partial charge on any atom is -0.354 e. The predicted octanol–water partition coefficient (Wildman–Crippen LogP) is 3.36. The Hall–Kier alpha value is -0.630. The first-order chi connectivity index (χ1) is 11.1. The van der Waals surface area contributed by atoms with Crippen LogP contribution in [0.4, 0.5) is 0 Å². The Labute approximate surface area is 165 Å². The number of hydrogen-bond donors (Lipinski definition) is 2. The van der Waals surface area contributed by atoms with Gasteiger partial charge in [0.15, 0.2) is 5.96 Å². The van der Waals surface area contributed by atoms with Crippen molar-refractivity contribution < 1.29 is 4.21 Å². The highest BCUT2D eigenvalue weighted by atomic mass is 127. The second-order valence-electron chi connectivity index (χ2n) is 6.21. The van der Waals surface area contributed by atoms with Crippen molar-refractivity contribution >= 4 is 40.7 Å². The molecule has 0 heterocycles. The molecule has 24 heavy (non-hydrogen) atoms. The Kier molecular flexibility index (Phi) is 9.88. The third-order valence-corrected chi connectivity index (χ3v) is 6.17. The first kappa shape index (κ1) is 21.4. The Bertz CT molecular complexity index is 548. The van der Waals surface area contributed by atoms with Crippen LogP contribution in [-0.2, 0) is 17.3 Å². The summed E-state index contributed by atoms with van der Waals surface area (Å²) in [7, 11) is 1.11. The first-order valence-corrected chi connectivity index (χ1v) is 9.90. The van der Waals surface area contributed by atoms with Gasteiger partial charge in [0.1, 0.15) is 0 Å². The zero-order valence-corrected chi connectivity index (χ0v) is 18.0. The summed E-state index contributed by atoms with van der Waals surface area (Å²) in [6, 6.07) is 8.89. The lowest BCUT2D eigenvalue weighted by Gasteiger charge is -2.30. The fourth-order valence-electron chi connectivity index (χ4n) is 3.03. The third-order valence-electron chi connectivity index (χ3n) is 4.43. The molecule has 0 aromatic heterocycles. The van der Waals surface area contributed by atoms with Gasteiger partial charge in [-0.15, -0.1) is 24.0 Å². The number of nitrogens with one attached hydrogen (secondary N) is 2. The lowest BCUT2D eigenvalue weighted by atomic mass is 9.95. The molecule has 6 heteroatoms. The molecule has 0 saturated heterocycles. The number of aryl methyl sites for hydroxylation is 1. The molecule has 1 fully saturated rings. The molecular formula is C18H30IN3OS. The minimum atomic E-state index is -0.687. The van der Waals surface area contributed by atoms with E-state index in [1.165, 1.54) is 11.1 Å². The lowest BCUT2D eigenvalue weighted by molar-refractivity contribution is 0.413. The van der Waals surface area contributed by atoms with E-state index in [1.54, 1.807) is 7.05 Å². The van der Waals surface area contributed by atoms with Gasteiger partial charge in [0.2, 0.25) is 0 Å². The SMILES string of the molecule is CCS(=O)C1CCCC(NC(=NC)NCc2ccc(C)cc2)C1.I. The van der Waals surface area contributed by atoms with Crippen LogP contribution in [0.25, 0.3) is 0 Å². The number of rotatable bonds is 5. The van der Waals surface area contributed by atoms with Crippen LogP contribution >= 0.6 is 24.0 Å². The van der Waals surface area contributed by atoms with Gasteiger partial charge in [0.25, 0.3) is 0 Å². The second kappa shape index (κ2) is 11.1. The highest BCUT2D eigenvalue weighted by molar-refractivity contribution is 14.0. The van der Waals surface area contributed by atoms with Crippen LogP contribution in [0.3, 0.4) is 0 Å². The first-order valence-electron chi connectivity index (χ1n) is 8.52. The van der Waals surface area contributed by atoms with E-state index in [9.17, 15) is 4.21 Å². The maximum Gasteiger partial charge on any atom is 0.191 e. The standard InChI is InChI=1S/C18H29N3OS.HI/c1-4-23(22)17-7-5-6-16(12-17)21-18(19-3)20-13-15-10-8-14(2)9-11-15;/h8-11,16-17H,4-7,12-13H2,1-3H3,(H2,19,20,21);1H. The van der Waals surface area contributed by atoms with Crippen LogP contribution < -0.4 is 10.6 Å². The predicted molar refractivity (Wildman–Crippen MR) is 115 cm³/mol. The molecule has 1 aromatic carbocycles. The molecule has 3 atom stereocenters. The molecule has 3 unspecified atom stereocenters. The quantitative estimate of drug-likeness (QED) is 0.400. The third kappa shape index (κ3) is 6.70. The fraction of sp³-hybridized carbons (Fsp3) is 0.611. The minimum absolute atomic E-state index is 0. The van der Waals surface area contributed by atoms with Crippen molar-refractivity contribution in [2.45, 2.75) is 57.4 Å². The molecule has 136 valence electrons. The highest BCUT2D eigenvalue weighted by Gasteiger charge is 2.25. The van der Waals surface area contributed by atoms with Gasteiger partial charge in [0.05, 0.1) is 0 Å². The van der Waals surface area contributed by atoms with Gasteiger partial charge in [-0.3, -0.25) is 9.20 Å². The summed E-state index contributed by atoms with van der Waals surface area (Å²) < 4.78 is 12.0. The summed E-state index contributed by atoms with van der Waals surface area (Å²) in [5, 5.41) is 7.21. The van der Waals surface area contributed by atoms with Crippen molar-refractivity contribution in [1.82, 2.24) is 10.6 Å². The van der Waals surface area contributed by atoms with E-state index >= 15 is 0 Å². The number of nitrogens with zero attached hydrogens (tertiary/aromatic N) is 1. The Morgan fingerprint density at radius 2 is 2.00 bits per heavy atom. The summed E-state index contributed by atoms with van der Waals surface area (Å²) in [6.07, 6.45) is 4.34. The van der Waals surface area contributed by atoms with Crippen LogP contribution in [0.15, 0.2) is 29.3 Å². The largest absolute Gasteiger partial charge is 0.354 e. The molecule has 1 aliphatic rings. The molecule has 2 N–H and O–H groups in total. The average Bonchev–Trinajstić information content (AvgIpc) is 2.59. The summed E-state index contributed by atoms with van der Waals surface area (Å²) in [6.45, 7) is 4.86. The lowest BCUT2D eigenvalue weighted by Crippen LogP contribution is -2.46. The highest BCUT2D eigenvalue weighted by Crippen LogP contribution is 2.22. The summed E-state index contributed by atoms with van der Waals surface area (Å²) in [5.74, 6) is 1.59. The molecule has 0 radical (unpaired) electrons. The average molecular weight is 463 g/mol. The fourth-order valence-corrected chi connectivity index (χ4v) is 4.38. The van der Waals surface area contributed by atoms with Gasteiger partial charge >= 0.3 is 0 Å². The van der Waals surface area contributed by atoms with Crippen LogP contribution in [0.5, 0.6) is 0 Å². The van der Waals surface area contributed by atoms with E-state index < -0.39 is 10.8 Å². The van der Waals surface area contributed by atoms with Crippen molar-refractivity contribution in [3.8, 4) is 0 Å². The summed E-state index contributed by atoms with van der Waals surface area (Å²) >= 11 is 0. The number of hydrogen-bond acceptors (Lipinski definition) is 2. The number of halogens is 1. The molecule has 0 aliphatic heterocycles. The van der Waals surface area contributed by atoms with E-state index in [2.05, 4.69) is 46.8 Å². The monoisotopic (exact) mass is 463 g/mol. The van der Waals surface area contributed by atoms with Crippen LogP contribution in [0.1, 0.15) is 43.7 Å². The van der Waals surface area contributed by atoms with E-state index in [1.807, 2.05) is 6.92 Å². The Balaban J connectivity index is 0.00000288. The number of benzene rings is 1. The van der Waals surface area contributed by atoms with Gasteiger partial charge in [-0.1, -0.05) is 43.2 Å². The van der Waals surface area contributed by atoms with Crippen LogP contribution in [-0.4, -0.2) is 34.3 Å².